The fraction of sp³-hybridized carbons (Fsp3) is 0.133. The number of carbonyl (C=O) groups excluding carboxylic acids is 1. The fourth-order valence-electron chi connectivity index (χ4n) is 1.69. The van der Waals surface area contributed by atoms with Crippen molar-refractivity contribution in [1.29, 1.82) is 0 Å². The van der Waals surface area contributed by atoms with Crippen LogP contribution in [0.4, 0.5) is 0 Å². The van der Waals surface area contributed by atoms with Crippen LogP contribution in [0.25, 0.3) is 0 Å². The van der Waals surface area contributed by atoms with E-state index in [0.717, 1.165) is 15.6 Å². The predicted molar refractivity (Wildman–Crippen MR) is 78.5 cm³/mol. The summed E-state index contributed by atoms with van der Waals surface area (Å²) in [5.74, 6) is -0.0243. The van der Waals surface area contributed by atoms with E-state index in [1.165, 1.54) is 0 Å². The van der Waals surface area contributed by atoms with E-state index < -0.39 is 0 Å². The third kappa shape index (κ3) is 2.65. The molecule has 0 saturated carbocycles. The molecule has 0 amide bonds. The third-order valence-corrected chi connectivity index (χ3v) is 3.87. The van der Waals surface area contributed by atoms with Crippen LogP contribution in [-0.2, 0) is 0 Å². The molecule has 2 aromatic rings. The Hall–Kier alpha value is -1.12. The van der Waals surface area contributed by atoms with E-state index in [-0.39, 0.29) is 5.78 Å². The maximum atomic E-state index is 12.4. The number of ketones is 1. The number of aryl methyl sites for hydroxylation is 2. The quantitative estimate of drug-likeness (QED) is 0.715. The lowest BCUT2D eigenvalue weighted by Gasteiger charge is -2.06. The number of hydrogen-bond acceptors (Lipinski definition) is 1. The molecule has 0 unspecified atom stereocenters. The summed E-state index contributed by atoms with van der Waals surface area (Å²) in [6.45, 7) is 3.90. The van der Waals surface area contributed by atoms with Crippen molar-refractivity contribution >= 4 is 33.3 Å². The first-order chi connectivity index (χ1) is 8.49. The number of rotatable bonds is 2. The van der Waals surface area contributed by atoms with Gasteiger partial charge in [-0.15, -0.1) is 0 Å². The number of benzene rings is 2. The molecule has 0 atom stereocenters. The van der Waals surface area contributed by atoms with Crippen molar-refractivity contribution in [2.24, 2.45) is 0 Å². The van der Waals surface area contributed by atoms with E-state index in [1.54, 1.807) is 12.1 Å². The van der Waals surface area contributed by atoms with Crippen LogP contribution in [0.3, 0.4) is 0 Å². The largest absolute Gasteiger partial charge is 0.289 e. The van der Waals surface area contributed by atoms with Crippen molar-refractivity contribution in [1.82, 2.24) is 0 Å². The molecule has 0 saturated heterocycles. The Morgan fingerprint density at radius 1 is 1.11 bits per heavy atom. The summed E-state index contributed by atoms with van der Waals surface area (Å²) < 4.78 is 0.809. The average molecular weight is 324 g/mol. The number of halogens is 2. The van der Waals surface area contributed by atoms with Crippen LogP contribution < -0.4 is 0 Å². The van der Waals surface area contributed by atoms with Gasteiger partial charge >= 0.3 is 0 Å². The molecule has 0 aromatic heterocycles. The second kappa shape index (κ2) is 5.25. The van der Waals surface area contributed by atoms with Crippen LogP contribution in [0.15, 0.2) is 40.9 Å². The summed E-state index contributed by atoms with van der Waals surface area (Å²) in [4.78, 5) is 12.4. The molecule has 92 valence electrons. The Morgan fingerprint density at radius 2 is 1.83 bits per heavy atom. The Kier molecular flexibility index (Phi) is 3.88. The summed E-state index contributed by atoms with van der Waals surface area (Å²) in [7, 11) is 0. The third-order valence-electron chi connectivity index (χ3n) is 2.80. The Morgan fingerprint density at radius 3 is 2.44 bits per heavy atom. The van der Waals surface area contributed by atoms with Crippen molar-refractivity contribution in [3.63, 3.8) is 0 Å². The van der Waals surface area contributed by atoms with Crippen molar-refractivity contribution in [3.8, 4) is 0 Å². The molecule has 0 aliphatic heterocycles. The minimum absolute atomic E-state index is 0.0243. The predicted octanol–water partition coefficient (Wildman–Crippen LogP) is 4.95. The van der Waals surface area contributed by atoms with E-state index >= 15 is 0 Å². The van der Waals surface area contributed by atoms with Gasteiger partial charge in [0, 0.05) is 20.6 Å². The van der Waals surface area contributed by atoms with Crippen LogP contribution >= 0.6 is 27.5 Å². The van der Waals surface area contributed by atoms with Gasteiger partial charge in [-0.05, 0) is 43.2 Å². The first-order valence-corrected chi connectivity index (χ1v) is 6.73. The van der Waals surface area contributed by atoms with E-state index in [0.29, 0.717) is 16.1 Å². The summed E-state index contributed by atoms with van der Waals surface area (Å²) in [5.41, 5.74) is 3.34. The highest BCUT2D eigenvalue weighted by atomic mass is 79.9. The average Bonchev–Trinajstić information content (AvgIpc) is 2.32. The van der Waals surface area contributed by atoms with Gasteiger partial charge in [0.15, 0.2) is 5.78 Å². The normalized spacial score (nSPS) is 10.4. The molecule has 0 aliphatic carbocycles. The SMILES string of the molecule is Cc1ccc(C(=O)c2ccc(C)c(Cl)c2)c(Br)c1. The molecule has 0 fully saturated rings. The van der Waals surface area contributed by atoms with E-state index in [2.05, 4.69) is 15.9 Å². The van der Waals surface area contributed by atoms with E-state index in [4.69, 9.17) is 11.6 Å². The molecule has 2 rings (SSSR count). The highest BCUT2D eigenvalue weighted by molar-refractivity contribution is 9.10. The number of carbonyl (C=O) groups is 1. The van der Waals surface area contributed by atoms with Crippen molar-refractivity contribution in [3.05, 3.63) is 68.1 Å². The van der Waals surface area contributed by atoms with Gasteiger partial charge in [0.05, 0.1) is 0 Å². The van der Waals surface area contributed by atoms with Crippen molar-refractivity contribution in [2.75, 3.05) is 0 Å². The molecular weight excluding hydrogens is 312 g/mol. The van der Waals surface area contributed by atoms with E-state index in [9.17, 15) is 4.79 Å². The molecule has 0 radical (unpaired) electrons. The summed E-state index contributed by atoms with van der Waals surface area (Å²) in [5, 5.41) is 0.615. The van der Waals surface area contributed by atoms with Crippen LogP contribution in [0.2, 0.25) is 5.02 Å². The maximum absolute atomic E-state index is 12.4. The monoisotopic (exact) mass is 322 g/mol. The summed E-state index contributed by atoms with van der Waals surface area (Å²) in [6, 6.07) is 11.1. The van der Waals surface area contributed by atoms with E-state index in [1.807, 2.05) is 38.1 Å². The Balaban J connectivity index is 2.44. The van der Waals surface area contributed by atoms with Gasteiger partial charge in [-0.3, -0.25) is 4.79 Å². The van der Waals surface area contributed by atoms with Gasteiger partial charge in [-0.2, -0.15) is 0 Å². The van der Waals surface area contributed by atoms with Crippen LogP contribution in [0, 0.1) is 13.8 Å². The topological polar surface area (TPSA) is 17.1 Å². The second-order valence-corrected chi connectivity index (χ2v) is 5.54. The van der Waals surface area contributed by atoms with Crippen LogP contribution in [-0.4, -0.2) is 5.78 Å². The lowest BCUT2D eigenvalue weighted by molar-refractivity contribution is 0.103. The van der Waals surface area contributed by atoms with Crippen molar-refractivity contribution < 1.29 is 4.79 Å². The summed E-state index contributed by atoms with van der Waals surface area (Å²) in [6.07, 6.45) is 0. The second-order valence-electron chi connectivity index (χ2n) is 4.28. The molecule has 0 bridgehead atoms. The molecule has 0 aliphatic rings. The van der Waals surface area contributed by atoms with Crippen molar-refractivity contribution in [2.45, 2.75) is 13.8 Å². The van der Waals surface area contributed by atoms with Gasteiger partial charge in [0.2, 0.25) is 0 Å². The molecule has 0 heterocycles. The minimum atomic E-state index is -0.0243. The van der Waals surface area contributed by atoms with Gasteiger partial charge in [0.25, 0.3) is 0 Å². The molecule has 3 heteroatoms. The lowest BCUT2D eigenvalue weighted by Crippen LogP contribution is -2.02. The Labute approximate surface area is 120 Å². The molecule has 1 nitrogen and oxygen atoms in total. The molecule has 0 spiro atoms. The zero-order chi connectivity index (χ0) is 13.3. The molecule has 0 N–H and O–H groups in total. The lowest BCUT2D eigenvalue weighted by atomic mass is 10.0. The first kappa shape index (κ1) is 13.3. The van der Waals surface area contributed by atoms with Gasteiger partial charge in [-0.1, -0.05) is 45.7 Å². The zero-order valence-electron chi connectivity index (χ0n) is 10.1. The highest BCUT2D eigenvalue weighted by Crippen LogP contribution is 2.24. The highest BCUT2D eigenvalue weighted by Gasteiger charge is 2.13. The number of hydrogen-bond donors (Lipinski definition) is 0. The maximum Gasteiger partial charge on any atom is 0.194 e. The standard InChI is InChI=1S/C15H12BrClO/c1-9-3-6-12(13(16)7-9)15(18)11-5-4-10(2)14(17)8-11/h3-8H,1-2H3. The zero-order valence-corrected chi connectivity index (χ0v) is 12.5. The van der Waals surface area contributed by atoms with Gasteiger partial charge in [-0.25, -0.2) is 0 Å². The molecular formula is C15H12BrClO. The van der Waals surface area contributed by atoms with Crippen LogP contribution in [0.1, 0.15) is 27.0 Å². The molecule has 2 aromatic carbocycles. The smallest absolute Gasteiger partial charge is 0.194 e. The molecule has 18 heavy (non-hydrogen) atoms. The van der Waals surface area contributed by atoms with Gasteiger partial charge in [0.1, 0.15) is 0 Å². The van der Waals surface area contributed by atoms with Crippen LogP contribution in [0.5, 0.6) is 0 Å². The fourth-order valence-corrected chi connectivity index (χ4v) is 2.55. The minimum Gasteiger partial charge on any atom is -0.289 e. The summed E-state index contributed by atoms with van der Waals surface area (Å²) >= 11 is 9.47. The Bertz CT molecular complexity index is 620. The first-order valence-electron chi connectivity index (χ1n) is 5.56. The van der Waals surface area contributed by atoms with Gasteiger partial charge < -0.3 is 0 Å².